The summed E-state index contributed by atoms with van der Waals surface area (Å²) in [5.41, 5.74) is 1.27. The molecule has 1 nitrogen and oxygen atoms in total. The van der Waals surface area contributed by atoms with Crippen molar-refractivity contribution in [3.05, 3.63) is 53.2 Å². The molecule has 0 saturated heterocycles. The molecule has 0 heterocycles. The van der Waals surface area contributed by atoms with Crippen molar-refractivity contribution in [2.45, 2.75) is 19.6 Å². The van der Waals surface area contributed by atoms with Crippen molar-refractivity contribution in [1.29, 1.82) is 0 Å². The highest BCUT2D eigenvalue weighted by Gasteiger charge is 2.16. The van der Waals surface area contributed by atoms with E-state index in [1.807, 2.05) is 6.07 Å². The van der Waals surface area contributed by atoms with E-state index in [-0.39, 0.29) is 0 Å². The molecule has 1 aromatic carbocycles. The lowest BCUT2D eigenvalue weighted by molar-refractivity contribution is 0.234. The molecule has 0 radical (unpaired) electrons. The molecule has 0 aliphatic heterocycles. The minimum atomic E-state index is -1.30. The number of rotatable bonds is 5. The molecule has 2 heteroatoms. The van der Waals surface area contributed by atoms with Crippen molar-refractivity contribution in [3.8, 4) is 0 Å². The lowest BCUT2D eigenvalue weighted by Crippen LogP contribution is -2.22. The first-order chi connectivity index (χ1) is 8.04. The molecule has 0 aromatic heterocycles. The number of benzene rings is 1. The number of ether oxygens (including phenoxy) is 1. The predicted octanol–water partition coefficient (Wildman–Crippen LogP) is 4.15. The van der Waals surface area contributed by atoms with E-state index in [0.29, 0.717) is 6.61 Å². The lowest BCUT2D eigenvalue weighted by Gasteiger charge is -2.18. The van der Waals surface area contributed by atoms with Crippen LogP contribution in [0.15, 0.2) is 47.7 Å². The van der Waals surface area contributed by atoms with Crippen LogP contribution in [0, 0.1) is 0 Å². The van der Waals surface area contributed by atoms with E-state index in [1.165, 1.54) is 10.8 Å². The zero-order valence-corrected chi connectivity index (χ0v) is 12.2. The molecule has 0 saturated carbocycles. The third kappa shape index (κ3) is 5.15. The Morgan fingerprint density at radius 1 is 1.18 bits per heavy atom. The summed E-state index contributed by atoms with van der Waals surface area (Å²) in [5.74, 6) is 0. The van der Waals surface area contributed by atoms with Gasteiger partial charge in [0.2, 0.25) is 0 Å². The Balaban J connectivity index is 2.95. The third-order valence-corrected chi connectivity index (χ3v) is 4.59. The Hall–Kier alpha value is -1.12. The highest BCUT2D eigenvalue weighted by molar-refractivity contribution is 6.84. The van der Waals surface area contributed by atoms with Crippen LogP contribution in [-0.2, 0) is 4.74 Å². The summed E-state index contributed by atoms with van der Waals surface area (Å²) in [4.78, 5) is 0. The molecular formula is C15H22OSi. The summed E-state index contributed by atoms with van der Waals surface area (Å²) in [6.07, 6.45) is 6.59. The second kappa shape index (κ2) is 6.57. The number of allylic oxidation sites excluding steroid dienone is 2. The second-order valence-corrected chi connectivity index (χ2v) is 10.2. The zero-order valence-electron chi connectivity index (χ0n) is 11.2. The van der Waals surface area contributed by atoms with Gasteiger partial charge in [-0.3, -0.25) is 0 Å². The van der Waals surface area contributed by atoms with Crippen LogP contribution < -0.4 is 0 Å². The molecule has 1 rings (SSSR count). The van der Waals surface area contributed by atoms with Gasteiger partial charge >= 0.3 is 0 Å². The summed E-state index contributed by atoms with van der Waals surface area (Å²) < 4.78 is 5.06. The molecule has 0 aliphatic carbocycles. The van der Waals surface area contributed by atoms with Crippen LogP contribution in [0.5, 0.6) is 0 Å². The van der Waals surface area contributed by atoms with Gasteiger partial charge in [-0.1, -0.05) is 73.4 Å². The number of hydrogen-bond acceptors (Lipinski definition) is 1. The summed E-state index contributed by atoms with van der Waals surface area (Å²) in [7, 11) is 0.421. The van der Waals surface area contributed by atoms with Gasteiger partial charge in [-0.15, -0.1) is 0 Å². The van der Waals surface area contributed by atoms with Crippen molar-refractivity contribution in [1.82, 2.24) is 0 Å². The first-order valence-corrected chi connectivity index (χ1v) is 9.47. The highest BCUT2D eigenvalue weighted by atomic mass is 28.3. The molecule has 0 bridgehead atoms. The van der Waals surface area contributed by atoms with Gasteiger partial charge < -0.3 is 4.74 Å². The van der Waals surface area contributed by atoms with Gasteiger partial charge in [0.1, 0.15) is 0 Å². The van der Waals surface area contributed by atoms with E-state index < -0.39 is 8.07 Å². The topological polar surface area (TPSA) is 9.23 Å². The largest absolute Gasteiger partial charge is 0.381 e. The minimum Gasteiger partial charge on any atom is -0.381 e. The molecule has 1 aromatic rings. The van der Waals surface area contributed by atoms with Crippen LogP contribution in [0.2, 0.25) is 19.6 Å². The first kappa shape index (κ1) is 13.9. The standard InChI is InChI=1S/C15H22OSi/c1-16-12-8-11-15(17(2,3)4)13-14-9-6-5-7-10-14/h5-11,13H,12H2,1-4H3/b11-8+,15-13-. The van der Waals surface area contributed by atoms with E-state index in [9.17, 15) is 0 Å². The maximum Gasteiger partial charge on any atom is 0.0776 e. The fourth-order valence-electron chi connectivity index (χ4n) is 1.51. The molecule has 0 amide bonds. The van der Waals surface area contributed by atoms with Crippen LogP contribution in [0.4, 0.5) is 0 Å². The quantitative estimate of drug-likeness (QED) is 0.560. The van der Waals surface area contributed by atoms with E-state index in [0.717, 1.165) is 0 Å². The fourth-order valence-corrected chi connectivity index (χ4v) is 2.73. The minimum absolute atomic E-state index is 0.677. The highest BCUT2D eigenvalue weighted by Crippen LogP contribution is 2.19. The summed E-state index contributed by atoms with van der Waals surface area (Å²) in [5, 5.41) is 1.45. The SMILES string of the molecule is COC/C=C/C(=C/c1ccccc1)[Si](C)(C)C. The molecule has 0 atom stereocenters. The molecule has 0 unspecified atom stereocenters. The molecule has 92 valence electrons. The Morgan fingerprint density at radius 2 is 1.82 bits per heavy atom. The van der Waals surface area contributed by atoms with Crippen molar-refractivity contribution < 1.29 is 4.74 Å². The predicted molar refractivity (Wildman–Crippen MR) is 78.8 cm³/mol. The fraction of sp³-hybridized carbons (Fsp3) is 0.333. The van der Waals surface area contributed by atoms with E-state index in [1.54, 1.807) is 7.11 Å². The Bertz CT molecular complexity index is 385. The van der Waals surface area contributed by atoms with Crippen molar-refractivity contribution in [3.63, 3.8) is 0 Å². The molecule has 17 heavy (non-hydrogen) atoms. The van der Waals surface area contributed by atoms with Gasteiger partial charge in [-0.25, -0.2) is 0 Å². The Kier molecular flexibility index (Phi) is 5.39. The van der Waals surface area contributed by atoms with Crippen LogP contribution in [0.1, 0.15) is 5.56 Å². The maximum atomic E-state index is 5.06. The normalized spacial score (nSPS) is 13.3. The zero-order chi connectivity index (χ0) is 12.7. The average Bonchev–Trinajstić information content (AvgIpc) is 2.28. The smallest absolute Gasteiger partial charge is 0.0776 e. The molecule has 0 fully saturated rings. The Labute approximate surface area is 106 Å². The van der Waals surface area contributed by atoms with E-state index in [4.69, 9.17) is 4.74 Å². The molecular weight excluding hydrogens is 224 g/mol. The van der Waals surface area contributed by atoms with Gasteiger partial charge in [-0.2, -0.15) is 0 Å². The van der Waals surface area contributed by atoms with Crippen LogP contribution >= 0.6 is 0 Å². The van der Waals surface area contributed by atoms with Gasteiger partial charge in [0, 0.05) is 7.11 Å². The number of hydrogen-bond donors (Lipinski definition) is 0. The van der Waals surface area contributed by atoms with Crippen molar-refractivity contribution in [2.75, 3.05) is 13.7 Å². The lowest BCUT2D eigenvalue weighted by atomic mass is 10.2. The van der Waals surface area contributed by atoms with E-state index in [2.05, 4.69) is 62.1 Å². The third-order valence-electron chi connectivity index (χ3n) is 2.55. The van der Waals surface area contributed by atoms with E-state index >= 15 is 0 Å². The van der Waals surface area contributed by atoms with Gasteiger partial charge in [0.05, 0.1) is 14.7 Å². The first-order valence-electron chi connectivity index (χ1n) is 5.97. The summed E-state index contributed by atoms with van der Waals surface area (Å²) >= 11 is 0. The maximum absolute atomic E-state index is 5.06. The summed E-state index contributed by atoms with van der Waals surface area (Å²) in [6, 6.07) is 10.5. The van der Waals surface area contributed by atoms with Crippen molar-refractivity contribution in [2.24, 2.45) is 0 Å². The van der Waals surface area contributed by atoms with Gasteiger partial charge in [0.15, 0.2) is 0 Å². The second-order valence-electron chi connectivity index (χ2n) is 5.12. The van der Waals surface area contributed by atoms with Gasteiger partial charge in [-0.05, 0) is 5.56 Å². The van der Waals surface area contributed by atoms with Crippen LogP contribution in [-0.4, -0.2) is 21.8 Å². The molecule has 0 spiro atoms. The van der Waals surface area contributed by atoms with Crippen LogP contribution in [0.25, 0.3) is 6.08 Å². The molecule has 0 aliphatic rings. The van der Waals surface area contributed by atoms with Crippen LogP contribution in [0.3, 0.4) is 0 Å². The Morgan fingerprint density at radius 3 is 2.35 bits per heavy atom. The average molecular weight is 246 g/mol. The summed E-state index contributed by atoms with van der Waals surface area (Å²) in [6.45, 7) is 7.76. The molecule has 0 N–H and O–H groups in total. The van der Waals surface area contributed by atoms with Crippen molar-refractivity contribution >= 4 is 14.1 Å². The number of methoxy groups -OCH3 is 1. The monoisotopic (exact) mass is 246 g/mol. The van der Waals surface area contributed by atoms with Gasteiger partial charge in [0.25, 0.3) is 0 Å².